The molecule has 0 radical (unpaired) electrons. The third kappa shape index (κ3) is 3.21. The van der Waals surface area contributed by atoms with Crippen LogP contribution in [0, 0.1) is 5.92 Å². The Kier molecular flexibility index (Phi) is 4.71. The van der Waals surface area contributed by atoms with Crippen molar-refractivity contribution in [3.63, 3.8) is 0 Å². The molecule has 0 saturated carbocycles. The maximum absolute atomic E-state index is 12.7. The highest BCUT2D eigenvalue weighted by molar-refractivity contribution is 9.10. The van der Waals surface area contributed by atoms with Crippen LogP contribution in [0.4, 0.5) is 0 Å². The molecule has 0 bridgehead atoms. The summed E-state index contributed by atoms with van der Waals surface area (Å²) in [5.41, 5.74) is 0.153. The van der Waals surface area contributed by atoms with Gasteiger partial charge in [0, 0.05) is 28.1 Å². The summed E-state index contributed by atoms with van der Waals surface area (Å²) in [4.78, 5) is 25.1. The smallest absolute Gasteiger partial charge is 0.313 e. The molecule has 7 heteroatoms. The van der Waals surface area contributed by atoms with Gasteiger partial charge in [-0.05, 0) is 24.6 Å². The minimum absolute atomic E-state index is 0.0486. The first-order chi connectivity index (χ1) is 11.8. The average Bonchev–Trinajstić information content (AvgIpc) is 2.90. The Morgan fingerprint density at radius 3 is 2.96 bits per heavy atom. The summed E-state index contributed by atoms with van der Waals surface area (Å²) in [5, 5.41) is 16.4. The lowest BCUT2D eigenvalue weighted by Gasteiger charge is -2.40. The number of H-pyrrole nitrogens is 2. The summed E-state index contributed by atoms with van der Waals surface area (Å²) in [6.07, 6.45) is 1.62. The Bertz CT molecular complexity index is 868. The van der Waals surface area contributed by atoms with Gasteiger partial charge in [0.25, 0.3) is 5.56 Å². The van der Waals surface area contributed by atoms with E-state index in [1.54, 1.807) is 6.92 Å². The number of ether oxygens (including phenoxy) is 1. The van der Waals surface area contributed by atoms with Gasteiger partial charge in [-0.1, -0.05) is 40.7 Å². The highest BCUT2D eigenvalue weighted by Gasteiger charge is 2.51. The summed E-state index contributed by atoms with van der Waals surface area (Å²) >= 11 is 3.42. The molecule has 2 aromatic rings. The van der Waals surface area contributed by atoms with Gasteiger partial charge in [0.05, 0.1) is 11.5 Å². The molecule has 1 aliphatic carbocycles. The van der Waals surface area contributed by atoms with Crippen LogP contribution in [0.5, 0.6) is 0 Å². The highest BCUT2D eigenvalue weighted by atomic mass is 79.9. The first kappa shape index (κ1) is 17.7. The summed E-state index contributed by atoms with van der Waals surface area (Å²) in [6, 6.07) is 7.37. The van der Waals surface area contributed by atoms with Crippen molar-refractivity contribution in [2.75, 3.05) is 6.61 Å². The molecule has 3 atom stereocenters. The summed E-state index contributed by atoms with van der Waals surface area (Å²) in [7, 11) is 0. The molecule has 1 aromatic carbocycles. The number of hydrogen-bond acceptors (Lipinski definition) is 4. The first-order valence-electron chi connectivity index (χ1n) is 7.90. The predicted molar refractivity (Wildman–Crippen MR) is 96.4 cm³/mol. The molecule has 0 spiro atoms. The summed E-state index contributed by atoms with van der Waals surface area (Å²) < 4.78 is 6.05. The molecule has 3 rings (SSSR count). The number of fused-ring (bicyclic) bond motifs is 1. The number of esters is 1. The number of carbonyl (C=O) groups is 1. The van der Waals surface area contributed by atoms with Crippen LogP contribution in [0.15, 0.2) is 46.2 Å². The Hall–Kier alpha value is -2.12. The second-order valence-electron chi connectivity index (χ2n) is 6.43. The van der Waals surface area contributed by atoms with Gasteiger partial charge in [-0.2, -0.15) is 0 Å². The van der Waals surface area contributed by atoms with Gasteiger partial charge in [0.1, 0.15) is 6.61 Å². The van der Waals surface area contributed by atoms with Crippen LogP contribution in [0.25, 0.3) is 0 Å². The number of aromatic amines is 2. The molecule has 0 fully saturated rings. The van der Waals surface area contributed by atoms with E-state index in [1.807, 2.05) is 24.3 Å². The van der Waals surface area contributed by atoms with Crippen molar-refractivity contribution in [1.29, 1.82) is 0 Å². The Balaban J connectivity index is 2.18. The van der Waals surface area contributed by atoms with Gasteiger partial charge in [-0.15, -0.1) is 0 Å². The van der Waals surface area contributed by atoms with E-state index in [1.165, 1.54) is 6.08 Å². The minimum Gasteiger partial charge on any atom is -0.461 e. The zero-order chi connectivity index (χ0) is 18.2. The maximum Gasteiger partial charge on any atom is 0.313 e. The van der Waals surface area contributed by atoms with Gasteiger partial charge in [-0.25, -0.2) is 0 Å². The maximum atomic E-state index is 12.7. The molecular formula is C18H19BrN2O4. The lowest BCUT2D eigenvalue weighted by Crippen LogP contribution is -2.50. The van der Waals surface area contributed by atoms with E-state index >= 15 is 0 Å². The third-order valence-electron chi connectivity index (χ3n) is 4.55. The minimum atomic E-state index is -1.37. The van der Waals surface area contributed by atoms with Crippen LogP contribution >= 0.6 is 15.9 Å². The zero-order valence-corrected chi connectivity index (χ0v) is 15.3. The molecular weight excluding hydrogens is 388 g/mol. The van der Waals surface area contributed by atoms with Crippen LogP contribution in [-0.2, 0) is 16.0 Å². The lowest BCUT2D eigenvalue weighted by molar-refractivity contribution is -0.158. The van der Waals surface area contributed by atoms with Crippen molar-refractivity contribution in [3.05, 3.63) is 68.6 Å². The molecule has 25 heavy (non-hydrogen) atoms. The zero-order valence-electron chi connectivity index (χ0n) is 13.7. The number of halogens is 1. The number of aliphatic hydroxyl groups is 1. The van der Waals surface area contributed by atoms with E-state index in [9.17, 15) is 14.7 Å². The summed E-state index contributed by atoms with van der Waals surface area (Å²) in [6.45, 7) is 5.18. The summed E-state index contributed by atoms with van der Waals surface area (Å²) in [5.74, 6) is -2.09. The van der Waals surface area contributed by atoms with Gasteiger partial charge in [0.2, 0.25) is 0 Å². The van der Waals surface area contributed by atoms with Gasteiger partial charge in [0.15, 0.2) is 0 Å². The number of rotatable bonds is 4. The second kappa shape index (κ2) is 6.65. The molecule has 132 valence electrons. The fourth-order valence-electron chi connectivity index (χ4n) is 3.55. The van der Waals surface area contributed by atoms with Crippen molar-refractivity contribution in [3.8, 4) is 0 Å². The topological polar surface area (TPSA) is 95.2 Å². The fraction of sp³-hybridized carbons (Fsp3) is 0.333. The average molecular weight is 407 g/mol. The Morgan fingerprint density at radius 1 is 1.52 bits per heavy atom. The van der Waals surface area contributed by atoms with E-state index < -0.39 is 23.4 Å². The van der Waals surface area contributed by atoms with E-state index in [0.717, 1.165) is 10.0 Å². The van der Waals surface area contributed by atoms with Crippen molar-refractivity contribution in [2.45, 2.75) is 24.9 Å². The van der Waals surface area contributed by atoms with Gasteiger partial charge < -0.3 is 14.9 Å². The highest BCUT2D eigenvalue weighted by Crippen LogP contribution is 2.44. The SMILES string of the molecule is C=CCOC(=O)[C@@H]1[C@@H](c2cccc(Br)c2)c2c([nH][nH]c2=O)C[C@@]1(C)O. The van der Waals surface area contributed by atoms with Crippen molar-refractivity contribution in [2.24, 2.45) is 5.92 Å². The number of hydrogen-bond donors (Lipinski definition) is 3. The fourth-order valence-corrected chi connectivity index (χ4v) is 3.96. The van der Waals surface area contributed by atoms with E-state index in [0.29, 0.717) is 11.3 Å². The van der Waals surface area contributed by atoms with Gasteiger partial charge in [-0.3, -0.25) is 14.7 Å². The number of aromatic nitrogens is 2. The molecule has 6 nitrogen and oxygen atoms in total. The van der Waals surface area contributed by atoms with Crippen molar-refractivity contribution in [1.82, 2.24) is 10.2 Å². The lowest BCUT2D eigenvalue weighted by atomic mass is 9.66. The van der Waals surface area contributed by atoms with Crippen LogP contribution in [0.1, 0.15) is 29.7 Å². The second-order valence-corrected chi connectivity index (χ2v) is 7.35. The van der Waals surface area contributed by atoms with Crippen LogP contribution < -0.4 is 5.56 Å². The largest absolute Gasteiger partial charge is 0.461 e. The third-order valence-corrected chi connectivity index (χ3v) is 5.04. The molecule has 1 aliphatic rings. The number of benzene rings is 1. The monoisotopic (exact) mass is 406 g/mol. The Morgan fingerprint density at radius 2 is 2.28 bits per heavy atom. The quantitative estimate of drug-likeness (QED) is 0.535. The van der Waals surface area contributed by atoms with Gasteiger partial charge >= 0.3 is 5.97 Å². The van der Waals surface area contributed by atoms with Crippen molar-refractivity contribution < 1.29 is 14.6 Å². The van der Waals surface area contributed by atoms with Crippen LogP contribution in [0.2, 0.25) is 0 Å². The van der Waals surface area contributed by atoms with Crippen LogP contribution in [-0.4, -0.2) is 33.5 Å². The molecule has 0 saturated heterocycles. The number of carbonyl (C=O) groups excluding carboxylic acids is 1. The molecule has 1 aromatic heterocycles. The molecule has 0 amide bonds. The van der Waals surface area contributed by atoms with E-state index in [2.05, 4.69) is 32.7 Å². The predicted octanol–water partition coefficient (Wildman–Crippen LogP) is 2.25. The van der Waals surface area contributed by atoms with E-state index in [4.69, 9.17) is 4.74 Å². The Labute approximate surface area is 153 Å². The normalized spacial score (nSPS) is 25.2. The van der Waals surface area contributed by atoms with E-state index in [-0.39, 0.29) is 18.6 Å². The molecule has 1 heterocycles. The standard InChI is InChI=1S/C18H19BrN2O4/c1-3-7-25-17(23)15-13(10-5-4-6-11(19)8-10)14-12(9-18(15,2)24)20-21-16(14)22/h3-6,8,13,15,24H,1,7,9H2,2H3,(H2,20,21,22)/t13-,15-,18+/m0/s1. The number of nitrogens with one attached hydrogen (secondary N) is 2. The van der Waals surface area contributed by atoms with Crippen LogP contribution in [0.3, 0.4) is 0 Å². The molecule has 3 N–H and O–H groups in total. The first-order valence-corrected chi connectivity index (χ1v) is 8.69. The van der Waals surface area contributed by atoms with Crippen molar-refractivity contribution >= 4 is 21.9 Å². The molecule has 0 unspecified atom stereocenters. The molecule has 0 aliphatic heterocycles.